The Morgan fingerprint density at radius 2 is 1.93 bits per heavy atom. The van der Waals surface area contributed by atoms with Gasteiger partial charge in [0.25, 0.3) is 0 Å². The maximum Gasteiger partial charge on any atom is 0.231 e. The van der Waals surface area contributed by atoms with Crippen LogP contribution >= 0.6 is 0 Å². The lowest BCUT2D eigenvalue weighted by Crippen LogP contribution is -2.34. The highest BCUT2D eigenvalue weighted by Crippen LogP contribution is 2.43. The van der Waals surface area contributed by atoms with Crippen molar-refractivity contribution in [2.75, 3.05) is 20.1 Å². The van der Waals surface area contributed by atoms with Crippen molar-refractivity contribution in [1.82, 2.24) is 9.80 Å². The molecule has 0 amide bonds. The fraction of sp³-hybridized carbons (Fsp3) is 0.143. The number of amidine groups is 1. The molecule has 0 aliphatic carbocycles. The van der Waals surface area contributed by atoms with Crippen molar-refractivity contribution in [3.8, 4) is 11.5 Å². The van der Waals surface area contributed by atoms with Crippen LogP contribution in [0.1, 0.15) is 5.56 Å². The maximum absolute atomic E-state index is 11.8. The van der Waals surface area contributed by atoms with E-state index in [0.29, 0.717) is 29.7 Å². The number of aliphatic imine (C=N–C) groups is 3. The third kappa shape index (κ3) is 3.48. The summed E-state index contributed by atoms with van der Waals surface area (Å²) in [6.45, 7) is 0.693. The topological polar surface area (TPSA) is 88.3 Å². The molecule has 5 rings (SSSR count). The van der Waals surface area contributed by atoms with Gasteiger partial charge in [-0.3, -0.25) is 14.8 Å². The number of fused-ring (bicyclic) bond motifs is 7. The quantitative estimate of drug-likeness (QED) is 0.661. The Bertz CT molecular complexity index is 1100. The summed E-state index contributed by atoms with van der Waals surface area (Å²) in [5, 5.41) is 0. The predicted octanol–water partition coefficient (Wildman–Crippen LogP) is 2.46. The van der Waals surface area contributed by atoms with Gasteiger partial charge in [-0.1, -0.05) is 0 Å². The molecule has 0 atom stereocenters. The zero-order valence-electron chi connectivity index (χ0n) is 15.8. The van der Waals surface area contributed by atoms with E-state index in [-0.39, 0.29) is 19.2 Å². The number of hydrogen-bond acceptors (Lipinski definition) is 9. The van der Waals surface area contributed by atoms with Gasteiger partial charge in [0.2, 0.25) is 12.6 Å². The molecule has 0 fully saturated rings. The van der Waals surface area contributed by atoms with Crippen LogP contribution in [0.25, 0.3) is 0 Å². The van der Waals surface area contributed by atoms with Gasteiger partial charge in [0.05, 0.1) is 19.1 Å². The van der Waals surface area contributed by atoms with E-state index in [2.05, 4.69) is 9.98 Å². The summed E-state index contributed by atoms with van der Waals surface area (Å²) < 4.78 is 16.6. The highest BCUT2D eigenvalue weighted by atomic mass is 16.7. The fourth-order valence-corrected chi connectivity index (χ4v) is 3.22. The average Bonchev–Trinajstić information content (AvgIpc) is 3.38. The summed E-state index contributed by atoms with van der Waals surface area (Å²) in [5.41, 5.74) is 2.20. The third-order valence-electron chi connectivity index (χ3n) is 4.59. The summed E-state index contributed by atoms with van der Waals surface area (Å²) in [7, 11) is 0. The summed E-state index contributed by atoms with van der Waals surface area (Å²) in [6.07, 6.45) is 14.9. The monoisotopic (exact) mass is 403 g/mol. The molecule has 9 nitrogen and oxygen atoms in total. The van der Waals surface area contributed by atoms with Gasteiger partial charge in [-0.25, -0.2) is 4.99 Å². The van der Waals surface area contributed by atoms with Crippen LogP contribution in [0.3, 0.4) is 0 Å². The molecule has 2 bridgehead atoms. The first-order chi connectivity index (χ1) is 14.8. The smallest absolute Gasteiger partial charge is 0.231 e. The van der Waals surface area contributed by atoms with Gasteiger partial charge >= 0.3 is 0 Å². The Balaban J connectivity index is 1.64. The molecule has 9 heteroatoms. The van der Waals surface area contributed by atoms with Crippen molar-refractivity contribution in [2.24, 2.45) is 15.0 Å². The molecule has 4 heterocycles. The van der Waals surface area contributed by atoms with Crippen LogP contribution in [-0.4, -0.2) is 53.9 Å². The number of nitrogens with zero attached hydrogens (tertiary/aromatic N) is 5. The van der Waals surface area contributed by atoms with E-state index < -0.39 is 0 Å². The van der Waals surface area contributed by atoms with Gasteiger partial charge < -0.3 is 24.0 Å². The van der Waals surface area contributed by atoms with Crippen LogP contribution in [0.15, 0.2) is 76.0 Å². The minimum absolute atomic E-state index is 0.107. The molecule has 0 unspecified atom stereocenters. The molecule has 150 valence electrons. The second-order valence-electron chi connectivity index (χ2n) is 6.62. The summed E-state index contributed by atoms with van der Waals surface area (Å²) in [4.78, 5) is 28.9. The molecule has 0 spiro atoms. The van der Waals surface area contributed by atoms with Crippen molar-refractivity contribution in [1.29, 1.82) is 0 Å². The number of carbonyl (C=O) groups excluding carboxylic acids is 1. The lowest BCUT2D eigenvalue weighted by atomic mass is 10.1. The number of carbonyl (C=O) groups is 1. The Morgan fingerprint density at radius 1 is 1.03 bits per heavy atom. The third-order valence-corrected chi connectivity index (χ3v) is 4.59. The minimum Gasteiger partial charge on any atom is -0.493 e. The molecule has 0 saturated heterocycles. The zero-order chi connectivity index (χ0) is 20.3. The van der Waals surface area contributed by atoms with Crippen molar-refractivity contribution in [3.63, 3.8) is 0 Å². The van der Waals surface area contributed by atoms with Gasteiger partial charge in [-0.2, -0.15) is 0 Å². The number of Topliss-reactive ketones (excluding diaryl/α,β-unsaturated/α-hetero) is 1. The largest absolute Gasteiger partial charge is 0.493 e. The first kappa shape index (κ1) is 17.9. The number of benzene rings is 1. The van der Waals surface area contributed by atoms with Crippen LogP contribution < -0.4 is 9.47 Å². The number of rotatable bonds is 0. The van der Waals surface area contributed by atoms with E-state index in [9.17, 15) is 4.79 Å². The highest BCUT2D eigenvalue weighted by molar-refractivity contribution is 6.28. The molecular weight excluding hydrogens is 386 g/mol. The van der Waals surface area contributed by atoms with Gasteiger partial charge in [-0.15, -0.1) is 0 Å². The van der Waals surface area contributed by atoms with E-state index in [1.165, 1.54) is 24.9 Å². The zero-order valence-corrected chi connectivity index (χ0v) is 15.8. The molecule has 30 heavy (non-hydrogen) atoms. The van der Waals surface area contributed by atoms with Gasteiger partial charge in [0, 0.05) is 48.4 Å². The van der Waals surface area contributed by atoms with E-state index in [4.69, 9.17) is 19.2 Å². The normalized spacial score (nSPS) is 19.4. The molecule has 0 saturated carbocycles. The first-order valence-electron chi connectivity index (χ1n) is 9.24. The molecule has 0 N–H and O–H groups in total. The standard InChI is InChI=1S/C21H17N5O4/c27-17-10-23-5-4-22-9-15-1-2-18-20(30-14-29-18)19(15)24-21-16(3-8-28-12-17)11-25-6-7-26(21)13-25/h1-11H,12-14H2. The van der Waals surface area contributed by atoms with Crippen LogP contribution in [0.2, 0.25) is 0 Å². The molecule has 0 radical (unpaired) electrons. The first-order valence-corrected chi connectivity index (χ1v) is 9.24. The van der Waals surface area contributed by atoms with E-state index in [1.807, 2.05) is 40.5 Å². The number of hydrogen-bond donors (Lipinski definition) is 0. The molecule has 0 aromatic heterocycles. The minimum atomic E-state index is -0.251. The number of ketones is 1. The summed E-state index contributed by atoms with van der Waals surface area (Å²) in [6, 6.07) is 3.70. The van der Waals surface area contributed by atoms with E-state index >= 15 is 0 Å². The molecule has 4 aliphatic heterocycles. The lowest BCUT2D eigenvalue weighted by molar-refractivity contribution is -0.115. The second-order valence-corrected chi connectivity index (χ2v) is 6.62. The van der Waals surface area contributed by atoms with Crippen molar-refractivity contribution in [3.05, 3.63) is 66.6 Å². The number of ether oxygens (including phenoxy) is 3. The van der Waals surface area contributed by atoms with Gasteiger partial charge in [0.1, 0.15) is 11.5 Å². The second kappa shape index (κ2) is 7.70. The summed E-state index contributed by atoms with van der Waals surface area (Å²) >= 11 is 0. The van der Waals surface area contributed by atoms with Gasteiger partial charge in [0.15, 0.2) is 18.1 Å². The van der Waals surface area contributed by atoms with Crippen LogP contribution in [-0.2, 0) is 9.53 Å². The van der Waals surface area contributed by atoms with Crippen molar-refractivity contribution < 1.29 is 19.0 Å². The predicted molar refractivity (Wildman–Crippen MR) is 111 cm³/mol. The Hall–Kier alpha value is -4.14. The van der Waals surface area contributed by atoms with Crippen LogP contribution in [0, 0.1) is 0 Å². The van der Waals surface area contributed by atoms with Crippen molar-refractivity contribution in [2.45, 2.75) is 0 Å². The molecule has 1 aromatic carbocycles. The summed E-state index contributed by atoms with van der Waals surface area (Å²) in [5.74, 6) is 1.68. The van der Waals surface area contributed by atoms with E-state index in [0.717, 1.165) is 11.1 Å². The Morgan fingerprint density at radius 3 is 2.87 bits per heavy atom. The van der Waals surface area contributed by atoms with Crippen LogP contribution in [0.4, 0.5) is 5.69 Å². The van der Waals surface area contributed by atoms with E-state index in [1.54, 1.807) is 12.3 Å². The average molecular weight is 403 g/mol. The van der Waals surface area contributed by atoms with Crippen molar-refractivity contribution >= 4 is 29.7 Å². The lowest BCUT2D eigenvalue weighted by Gasteiger charge is -2.27. The maximum atomic E-state index is 11.8. The Labute approximate surface area is 172 Å². The Kier molecular flexibility index (Phi) is 4.60. The SMILES string of the molecule is O=C1C=NC=CN=Cc2ccc3c(c2N=C2C(=CN4C=CN2C4)C=COC1)OCO3. The molecular formula is C21H17N5O4. The molecule has 4 aliphatic rings. The van der Waals surface area contributed by atoms with Crippen LogP contribution in [0.5, 0.6) is 11.5 Å². The fourth-order valence-electron chi connectivity index (χ4n) is 3.22. The molecule has 1 aromatic rings. The van der Waals surface area contributed by atoms with Gasteiger partial charge in [-0.05, 0) is 18.2 Å². The highest BCUT2D eigenvalue weighted by Gasteiger charge is 2.27.